The summed E-state index contributed by atoms with van der Waals surface area (Å²) >= 11 is 0. The molecule has 0 saturated heterocycles. The average Bonchev–Trinajstić information content (AvgIpc) is 2.52. The van der Waals surface area contributed by atoms with Gasteiger partial charge >= 0.3 is 13.6 Å². The summed E-state index contributed by atoms with van der Waals surface area (Å²) in [6.45, 7) is 15.5. The highest BCUT2D eigenvalue weighted by Gasteiger charge is 2.24. The lowest BCUT2D eigenvalue weighted by atomic mass is 9.87. The molecule has 1 rings (SSSR count). The van der Waals surface area contributed by atoms with E-state index in [-0.39, 0.29) is 12.0 Å². The van der Waals surface area contributed by atoms with E-state index in [1.165, 1.54) is 0 Å². The predicted molar refractivity (Wildman–Crippen MR) is 106 cm³/mol. The van der Waals surface area contributed by atoms with E-state index in [1.54, 1.807) is 7.48 Å². The number of ether oxygens (including phenoxy) is 2. The molecular weight excluding hydrogens is 329 g/mol. The Labute approximate surface area is 159 Å². The number of hydrogen-bond acceptors (Lipinski definition) is 4. The number of amides is 1. The maximum Gasteiger partial charge on any atom is 0.410 e. The third-order valence-corrected chi connectivity index (χ3v) is 3.76. The van der Waals surface area contributed by atoms with Crippen molar-refractivity contribution >= 4 is 19.0 Å². The SMILES string of the molecule is CCC(C)C(NC(=O)OC(C)(C)C)Oc1cc([B]OC(C)C)ccc1C. The zero-order valence-electron chi connectivity index (χ0n) is 17.4. The molecule has 2 unspecified atom stereocenters. The van der Waals surface area contributed by atoms with E-state index in [4.69, 9.17) is 14.1 Å². The van der Waals surface area contributed by atoms with Gasteiger partial charge < -0.3 is 14.1 Å². The van der Waals surface area contributed by atoms with Crippen molar-refractivity contribution in [2.75, 3.05) is 0 Å². The van der Waals surface area contributed by atoms with Crippen LogP contribution in [0.1, 0.15) is 60.5 Å². The van der Waals surface area contributed by atoms with Crippen LogP contribution in [0.25, 0.3) is 0 Å². The van der Waals surface area contributed by atoms with Gasteiger partial charge in [-0.25, -0.2) is 4.79 Å². The normalized spacial score (nSPS) is 13.9. The number of hydrogen-bond donors (Lipinski definition) is 1. The van der Waals surface area contributed by atoms with Gasteiger partial charge in [0.15, 0.2) is 6.23 Å². The van der Waals surface area contributed by atoms with Crippen LogP contribution in [-0.4, -0.2) is 31.5 Å². The molecule has 1 N–H and O–H groups in total. The van der Waals surface area contributed by atoms with Gasteiger partial charge in [0.1, 0.15) is 11.4 Å². The van der Waals surface area contributed by atoms with Gasteiger partial charge in [0.25, 0.3) is 0 Å². The van der Waals surface area contributed by atoms with Gasteiger partial charge in [-0.3, -0.25) is 5.32 Å². The Bertz CT molecular complexity index is 584. The van der Waals surface area contributed by atoms with E-state index in [9.17, 15) is 4.79 Å². The van der Waals surface area contributed by atoms with Crippen molar-refractivity contribution in [3.05, 3.63) is 23.8 Å². The second kappa shape index (κ2) is 9.86. The summed E-state index contributed by atoms with van der Waals surface area (Å²) in [5, 5.41) is 2.84. The van der Waals surface area contributed by atoms with Gasteiger partial charge in [-0.05, 0) is 65.1 Å². The monoisotopic (exact) mass is 362 g/mol. The molecule has 0 spiro atoms. The van der Waals surface area contributed by atoms with Crippen LogP contribution >= 0.6 is 0 Å². The first-order chi connectivity index (χ1) is 12.0. The molecule has 26 heavy (non-hydrogen) atoms. The van der Waals surface area contributed by atoms with Crippen LogP contribution in [-0.2, 0) is 9.39 Å². The van der Waals surface area contributed by atoms with Crippen molar-refractivity contribution in [2.45, 2.75) is 79.7 Å². The number of nitrogens with one attached hydrogen (secondary N) is 1. The fraction of sp³-hybridized carbons (Fsp3) is 0.650. The molecule has 0 saturated carbocycles. The minimum Gasteiger partial charge on any atom is -0.470 e. The zero-order valence-corrected chi connectivity index (χ0v) is 17.4. The Morgan fingerprint density at radius 2 is 1.88 bits per heavy atom. The largest absolute Gasteiger partial charge is 0.470 e. The molecule has 2 atom stereocenters. The first-order valence-electron chi connectivity index (χ1n) is 9.27. The Kier molecular flexibility index (Phi) is 8.48. The van der Waals surface area contributed by atoms with Crippen molar-refractivity contribution in [3.63, 3.8) is 0 Å². The molecule has 1 radical (unpaired) electrons. The molecule has 0 aliphatic rings. The summed E-state index contributed by atoms with van der Waals surface area (Å²) in [5.74, 6) is 0.842. The first kappa shape index (κ1) is 22.4. The molecule has 0 fully saturated rings. The second-order valence-corrected chi connectivity index (χ2v) is 7.90. The molecule has 0 aliphatic heterocycles. The molecule has 145 valence electrons. The van der Waals surface area contributed by atoms with E-state index in [1.807, 2.05) is 66.7 Å². The molecule has 0 heterocycles. The zero-order chi connectivity index (χ0) is 19.9. The van der Waals surface area contributed by atoms with E-state index in [0.717, 1.165) is 17.4 Å². The lowest BCUT2D eigenvalue weighted by Gasteiger charge is -2.28. The molecule has 0 bridgehead atoms. The van der Waals surface area contributed by atoms with Crippen LogP contribution in [0, 0.1) is 12.8 Å². The van der Waals surface area contributed by atoms with Crippen LogP contribution in [0.2, 0.25) is 0 Å². The van der Waals surface area contributed by atoms with Crippen molar-refractivity contribution < 1.29 is 18.9 Å². The summed E-state index contributed by atoms with van der Waals surface area (Å²) in [4.78, 5) is 12.2. The first-order valence-corrected chi connectivity index (χ1v) is 9.27. The Morgan fingerprint density at radius 3 is 2.42 bits per heavy atom. The lowest BCUT2D eigenvalue weighted by molar-refractivity contribution is 0.0305. The molecule has 1 aromatic rings. The predicted octanol–water partition coefficient (Wildman–Crippen LogP) is 3.94. The summed E-state index contributed by atoms with van der Waals surface area (Å²) in [6.07, 6.45) is 0.0189. The molecule has 0 aliphatic carbocycles. The molecule has 0 aromatic heterocycles. The third-order valence-electron chi connectivity index (χ3n) is 3.76. The van der Waals surface area contributed by atoms with Crippen molar-refractivity contribution in [1.29, 1.82) is 0 Å². The van der Waals surface area contributed by atoms with Crippen molar-refractivity contribution in [1.82, 2.24) is 5.32 Å². The summed E-state index contributed by atoms with van der Waals surface area (Å²) in [6, 6.07) is 5.87. The molecule has 1 aromatic carbocycles. The highest BCUT2D eigenvalue weighted by molar-refractivity contribution is 6.47. The summed E-state index contributed by atoms with van der Waals surface area (Å²) in [7, 11) is 1.72. The van der Waals surface area contributed by atoms with Crippen LogP contribution in [0.5, 0.6) is 5.75 Å². The highest BCUT2D eigenvalue weighted by Crippen LogP contribution is 2.20. The van der Waals surface area contributed by atoms with Gasteiger partial charge in [0, 0.05) is 12.0 Å². The number of rotatable bonds is 8. The Morgan fingerprint density at radius 1 is 1.23 bits per heavy atom. The number of benzene rings is 1. The van der Waals surface area contributed by atoms with Gasteiger partial charge in [-0.15, -0.1) is 0 Å². The summed E-state index contributed by atoms with van der Waals surface area (Å²) < 4.78 is 17.1. The van der Waals surface area contributed by atoms with Crippen molar-refractivity contribution in [2.24, 2.45) is 5.92 Å². The number of aryl methyl sites for hydroxylation is 1. The maximum atomic E-state index is 12.2. The average molecular weight is 362 g/mol. The van der Waals surface area contributed by atoms with Crippen LogP contribution in [0.15, 0.2) is 18.2 Å². The molecular formula is C20H33BNO4. The standard InChI is InChI=1S/C20H33BNO4/c1-9-14(4)18(22-19(23)25-20(6,7)8)24-17-12-16(11-10-15(17)5)21-26-13(2)3/h10-14,18H,9H2,1-8H3,(H,22,23). The number of alkyl carbamates (subject to hydrolysis) is 1. The number of carbonyl (C=O) groups excluding carboxylic acids is 1. The fourth-order valence-corrected chi connectivity index (χ4v) is 2.09. The van der Waals surface area contributed by atoms with Gasteiger partial charge in [-0.2, -0.15) is 0 Å². The minimum absolute atomic E-state index is 0.113. The second-order valence-electron chi connectivity index (χ2n) is 7.90. The van der Waals surface area contributed by atoms with Gasteiger partial charge in [-0.1, -0.05) is 26.0 Å². The minimum atomic E-state index is -0.553. The van der Waals surface area contributed by atoms with E-state index in [0.29, 0.717) is 5.75 Å². The lowest BCUT2D eigenvalue weighted by Crippen LogP contribution is -2.45. The van der Waals surface area contributed by atoms with E-state index < -0.39 is 17.9 Å². The van der Waals surface area contributed by atoms with Crippen LogP contribution < -0.4 is 15.5 Å². The molecule has 5 nitrogen and oxygen atoms in total. The number of carbonyl (C=O) groups is 1. The topological polar surface area (TPSA) is 56.8 Å². The Hall–Kier alpha value is -1.69. The van der Waals surface area contributed by atoms with Gasteiger partial charge in [0.2, 0.25) is 0 Å². The van der Waals surface area contributed by atoms with E-state index in [2.05, 4.69) is 12.2 Å². The fourth-order valence-electron chi connectivity index (χ4n) is 2.09. The highest BCUT2D eigenvalue weighted by atomic mass is 16.6. The van der Waals surface area contributed by atoms with Crippen molar-refractivity contribution in [3.8, 4) is 5.75 Å². The smallest absolute Gasteiger partial charge is 0.410 e. The maximum absolute atomic E-state index is 12.2. The summed E-state index contributed by atoms with van der Waals surface area (Å²) in [5.41, 5.74) is 1.36. The quantitative estimate of drug-likeness (QED) is 0.562. The Balaban J connectivity index is 2.90. The van der Waals surface area contributed by atoms with E-state index >= 15 is 0 Å². The van der Waals surface area contributed by atoms with Crippen LogP contribution in [0.4, 0.5) is 4.79 Å². The third kappa shape index (κ3) is 8.13. The molecule has 1 amide bonds. The van der Waals surface area contributed by atoms with Gasteiger partial charge in [0.05, 0.1) is 0 Å². The molecule has 6 heteroatoms. The van der Waals surface area contributed by atoms with Crippen LogP contribution in [0.3, 0.4) is 0 Å².